The standard InChI is InChI=1S/C21H33N3O/c1-5-24(6-2)21(25)19-10-8-16-23(17-19)15-7-9-18-11-13-20(14-12-18)22(3)4/h7,9,11-14,19H,5-6,8,10,15-17H2,1-4H3. The van der Waals surface area contributed by atoms with Crippen molar-refractivity contribution in [3.63, 3.8) is 0 Å². The highest BCUT2D eigenvalue weighted by molar-refractivity contribution is 5.79. The lowest BCUT2D eigenvalue weighted by Crippen LogP contribution is -2.44. The quantitative estimate of drug-likeness (QED) is 0.760. The van der Waals surface area contributed by atoms with Crippen molar-refractivity contribution < 1.29 is 4.79 Å². The van der Waals surface area contributed by atoms with Crippen LogP contribution < -0.4 is 4.90 Å². The molecule has 0 aliphatic carbocycles. The van der Waals surface area contributed by atoms with Crippen molar-refractivity contribution in [1.82, 2.24) is 9.80 Å². The van der Waals surface area contributed by atoms with Crippen molar-refractivity contribution in [3.05, 3.63) is 35.9 Å². The lowest BCUT2D eigenvalue weighted by Gasteiger charge is -2.33. The van der Waals surface area contributed by atoms with E-state index in [1.807, 2.05) is 4.90 Å². The van der Waals surface area contributed by atoms with E-state index in [0.717, 1.165) is 45.6 Å². The van der Waals surface area contributed by atoms with Crippen LogP contribution in [0, 0.1) is 5.92 Å². The molecule has 1 fully saturated rings. The number of likely N-dealkylation sites (tertiary alicyclic amines) is 1. The van der Waals surface area contributed by atoms with Crippen LogP contribution in [0.3, 0.4) is 0 Å². The summed E-state index contributed by atoms with van der Waals surface area (Å²) in [5, 5.41) is 0. The third-order valence-corrected chi connectivity index (χ3v) is 5.01. The molecule has 1 amide bonds. The van der Waals surface area contributed by atoms with Crippen LogP contribution in [0.25, 0.3) is 6.08 Å². The topological polar surface area (TPSA) is 26.8 Å². The van der Waals surface area contributed by atoms with Gasteiger partial charge in [-0.3, -0.25) is 9.69 Å². The van der Waals surface area contributed by atoms with Gasteiger partial charge in [0.2, 0.25) is 5.91 Å². The summed E-state index contributed by atoms with van der Waals surface area (Å²) < 4.78 is 0. The molecular formula is C21H33N3O. The number of carbonyl (C=O) groups is 1. The first-order valence-corrected chi connectivity index (χ1v) is 9.50. The number of rotatable bonds is 7. The highest BCUT2D eigenvalue weighted by Crippen LogP contribution is 2.19. The van der Waals surface area contributed by atoms with E-state index in [0.29, 0.717) is 5.91 Å². The molecule has 1 aliphatic rings. The van der Waals surface area contributed by atoms with Crippen LogP contribution >= 0.6 is 0 Å². The van der Waals surface area contributed by atoms with Gasteiger partial charge in [-0.2, -0.15) is 0 Å². The number of anilines is 1. The van der Waals surface area contributed by atoms with Gasteiger partial charge in [-0.25, -0.2) is 0 Å². The van der Waals surface area contributed by atoms with Crippen LogP contribution in [0.5, 0.6) is 0 Å². The number of hydrogen-bond acceptors (Lipinski definition) is 3. The van der Waals surface area contributed by atoms with E-state index in [1.54, 1.807) is 0 Å². The normalized spacial score (nSPS) is 18.5. The summed E-state index contributed by atoms with van der Waals surface area (Å²) in [4.78, 5) is 19.0. The average molecular weight is 344 g/mol. The highest BCUT2D eigenvalue weighted by Gasteiger charge is 2.27. The molecule has 1 aromatic rings. The molecule has 2 rings (SSSR count). The second kappa shape index (κ2) is 9.62. The Morgan fingerprint density at radius 2 is 1.88 bits per heavy atom. The van der Waals surface area contributed by atoms with Crippen molar-refractivity contribution in [1.29, 1.82) is 0 Å². The zero-order valence-corrected chi connectivity index (χ0v) is 16.2. The number of benzene rings is 1. The molecule has 1 saturated heterocycles. The van der Waals surface area contributed by atoms with Crippen LogP contribution in [0.2, 0.25) is 0 Å². The van der Waals surface area contributed by atoms with Gasteiger partial charge in [0.15, 0.2) is 0 Å². The fraction of sp³-hybridized carbons (Fsp3) is 0.571. The molecule has 0 radical (unpaired) electrons. The molecule has 1 aliphatic heterocycles. The SMILES string of the molecule is CCN(CC)C(=O)C1CCCN(CC=Cc2ccc(N(C)C)cc2)C1. The van der Waals surface area contributed by atoms with Crippen LogP contribution in [-0.4, -0.2) is 62.5 Å². The molecule has 1 atom stereocenters. The predicted molar refractivity (Wildman–Crippen MR) is 107 cm³/mol. The third-order valence-electron chi connectivity index (χ3n) is 5.01. The van der Waals surface area contributed by atoms with Crippen molar-refractivity contribution in [2.75, 3.05) is 51.7 Å². The first kappa shape index (κ1) is 19.5. The Morgan fingerprint density at radius 1 is 1.20 bits per heavy atom. The van der Waals surface area contributed by atoms with Gasteiger partial charge < -0.3 is 9.80 Å². The smallest absolute Gasteiger partial charge is 0.226 e. The van der Waals surface area contributed by atoms with Crippen LogP contribution in [-0.2, 0) is 4.79 Å². The minimum Gasteiger partial charge on any atom is -0.378 e. The van der Waals surface area contributed by atoms with Crippen LogP contribution in [0.4, 0.5) is 5.69 Å². The number of amides is 1. The molecule has 0 N–H and O–H groups in total. The third kappa shape index (κ3) is 5.60. The van der Waals surface area contributed by atoms with Crippen molar-refractivity contribution >= 4 is 17.7 Å². The Labute approximate surface area is 153 Å². The summed E-state index contributed by atoms with van der Waals surface area (Å²) in [5.74, 6) is 0.499. The van der Waals surface area contributed by atoms with Gasteiger partial charge in [-0.1, -0.05) is 24.3 Å². The first-order valence-electron chi connectivity index (χ1n) is 9.50. The Hall–Kier alpha value is -1.81. The van der Waals surface area contributed by atoms with E-state index in [1.165, 1.54) is 11.3 Å². The second-order valence-corrected chi connectivity index (χ2v) is 7.00. The first-order chi connectivity index (χ1) is 12.0. The van der Waals surface area contributed by atoms with E-state index in [4.69, 9.17) is 0 Å². The zero-order chi connectivity index (χ0) is 18.2. The Kier molecular flexibility index (Phi) is 7.51. The van der Waals surface area contributed by atoms with Gasteiger partial charge in [0.05, 0.1) is 5.92 Å². The van der Waals surface area contributed by atoms with Gasteiger partial charge in [0.1, 0.15) is 0 Å². The average Bonchev–Trinajstić information content (AvgIpc) is 2.63. The number of hydrogen-bond donors (Lipinski definition) is 0. The molecule has 25 heavy (non-hydrogen) atoms. The molecule has 1 heterocycles. The van der Waals surface area contributed by atoms with E-state index in [-0.39, 0.29) is 5.92 Å². The van der Waals surface area contributed by atoms with Crippen molar-refractivity contribution in [2.24, 2.45) is 5.92 Å². The molecule has 1 unspecified atom stereocenters. The van der Waals surface area contributed by atoms with Crippen molar-refractivity contribution in [2.45, 2.75) is 26.7 Å². The largest absolute Gasteiger partial charge is 0.378 e. The minimum absolute atomic E-state index is 0.168. The predicted octanol–water partition coefficient (Wildman–Crippen LogP) is 3.35. The number of carbonyl (C=O) groups excluding carboxylic acids is 1. The van der Waals surface area contributed by atoms with E-state index >= 15 is 0 Å². The highest BCUT2D eigenvalue weighted by atomic mass is 16.2. The Bertz CT molecular complexity index is 561. The zero-order valence-electron chi connectivity index (χ0n) is 16.2. The molecule has 0 spiro atoms. The molecule has 4 heteroatoms. The molecule has 0 aromatic heterocycles. The maximum atomic E-state index is 12.6. The summed E-state index contributed by atoms with van der Waals surface area (Å²) in [5.41, 5.74) is 2.43. The van der Waals surface area contributed by atoms with Gasteiger partial charge >= 0.3 is 0 Å². The minimum atomic E-state index is 0.168. The molecule has 0 bridgehead atoms. The van der Waals surface area contributed by atoms with Crippen molar-refractivity contribution in [3.8, 4) is 0 Å². The fourth-order valence-electron chi connectivity index (χ4n) is 3.44. The maximum absolute atomic E-state index is 12.6. The molecule has 4 nitrogen and oxygen atoms in total. The summed E-state index contributed by atoms with van der Waals surface area (Å²) in [6, 6.07) is 8.57. The van der Waals surface area contributed by atoms with E-state index in [2.05, 4.69) is 74.2 Å². The Morgan fingerprint density at radius 3 is 2.48 bits per heavy atom. The van der Waals surface area contributed by atoms with Crippen LogP contribution in [0.1, 0.15) is 32.3 Å². The summed E-state index contributed by atoms with van der Waals surface area (Å²) >= 11 is 0. The van der Waals surface area contributed by atoms with Crippen LogP contribution in [0.15, 0.2) is 30.3 Å². The Balaban J connectivity index is 1.86. The van der Waals surface area contributed by atoms with Gasteiger partial charge in [-0.05, 0) is 50.9 Å². The van der Waals surface area contributed by atoms with Gasteiger partial charge in [0.25, 0.3) is 0 Å². The molecule has 0 saturated carbocycles. The number of nitrogens with zero attached hydrogens (tertiary/aromatic N) is 3. The fourth-order valence-corrected chi connectivity index (χ4v) is 3.44. The van der Waals surface area contributed by atoms with Gasteiger partial charge in [0, 0.05) is 46.0 Å². The molecule has 1 aromatic carbocycles. The summed E-state index contributed by atoms with van der Waals surface area (Å²) in [7, 11) is 4.11. The second-order valence-electron chi connectivity index (χ2n) is 7.00. The van der Waals surface area contributed by atoms with Gasteiger partial charge in [-0.15, -0.1) is 0 Å². The maximum Gasteiger partial charge on any atom is 0.226 e. The van der Waals surface area contributed by atoms with E-state index in [9.17, 15) is 4.79 Å². The molecular weight excluding hydrogens is 310 g/mol. The van der Waals surface area contributed by atoms with E-state index < -0.39 is 0 Å². The lowest BCUT2D eigenvalue weighted by molar-refractivity contribution is -0.136. The lowest BCUT2D eigenvalue weighted by atomic mass is 9.96. The number of piperidine rings is 1. The summed E-state index contributed by atoms with van der Waals surface area (Å²) in [6.45, 7) is 8.64. The molecule has 138 valence electrons. The monoisotopic (exact) mass is 343 g/mol. The summed E-state index contributed by atoms with van der Waals surface area (Å²) in [6.07, 6.45) is 6.54.